The minimum Gasteiger partial charge on any atom is -0.455 e. The Hall–Kier alpha value is -1.91. The molecule has 4 aliphatic rings. The number of esters is 2. The zero-order valence-corrected chi connectivity index (χ0v) is 36.0. The van der Waals surface area contributed by atoms with Gasteiger partial charge in [0.15, 0.2) is 22.2 Å². The summed E-state index contributed by atoms with van der Waals surface area (Å²) in [6.45, 7) is 21.6. The van der Waals surface area contributed by atoms with Crippen LogP contribution < -0.4 is 0 Å². The van der Waals surface area contributed by atoms with Crippen molar-refractivity contribution in [3.05, 3.63) is 47.0 Å². The summed E-state index contributed by atoms with van der Waals surface area (Å²) in [7, 11) is -4.69. The van der Waals surface area contributed by atoms with E-state index in [1.807, 2.05) is 33.8 Å². The normalized spacial score (nSPS) is 36.7. The molecule has 2 bridgehead atoms. The van der Waals surface area contributed by atoms with Crippen LogP contribution in [0.25, 0.3) is 0 Å². The third-order valence-corrected chi connectivity index (χ3v) is 24.1. The molecule has 5 rings (SSSR count). The monoisotopic (exact) mass is 774 g/mol. The van der Waals surface area contributed by atoms with Gasteiger partial charge in [0.1, 0.15) is 23.9 Å². The maximum Gasteiger partial charge on any atom is 0.338 e. The first-order chi connectivity index (χ1) is 24.9. The molecule has 2 saturated carbocycles. The van der Waals surface area contributed by atoms with Gasteiger partial charge < -0.3 is 38.4 Å². The number of carbonyl (C=O) groups is 2. The van der Waals surface area contributed by atoms with Crippen molar-refractivity contribution >= 4 is 28.6 Å². The van der Waals surface area contributed by atoms with Crippen LogP contribution in [0.1, 0.15) is 99.4 Å². The number of hydrogen-bond acceptors (Lipinski definition) is 10. The van der Waals surface area contributed by atoms with E-state index in [4.69, 9.17) is 23.1 Å². The summed E-state index contributed by atoms with van der Waals surface area (Å²) in [4.78, 5) is 27.5. The van der Waals surface area contributed by atoms with Crippen molar-refractivity contribution in [1.29, 1.82) is 0 Å². The van der Waals surface area contributed by atoms with Gasteiger partial charge in [-0.3, -0.25) is 4.79 Å². The number of aliphatic hydroxyl groups is 3. The van der Waals surface area contributed by atoms with Gasteiger partial charge in [0.25, 0.3) is 0 Å². The number of carbonyl (C=O) groups excluding carboxylic acids is 2. The highest BCUT2D eigenvalue weighted by Crippen LogP contribution is 2.66. The van der Waals surface area contributed by atoms with E-state index in [2.05, 4.69) is 41.5 Å². The van der Waals surface area contributed by atoms with Gasteiger partial charge in [0.2, 0.25) is 0 Å². The van der Waals surface area contributed by atoms with E-state index in [9.17, 15) is 24.9 Å². The Bertz CT molecular complexity index is 1510. The second-order valence-corrected chi connectivity index (χ2v) is 26.5. The minimum atomic E-state index is -2.39. The molecule has 53 heavy (non-hydrogen) atoms. The molecule has 1 aromatic carbocycles. The molecule has 10 atom stereocenters. The lowest BCUT2D eigenvalue weighted by Gasteiger charge is -2.70. The second-order valence-electron chi connectivity index (χ2n) is 17.1. The maximum absolute atomic E-state index is 14.4. The number of ether oxygens (including phenoxy) is 3. The Morgan fingerprint density at radius 1 is 0.887 bits per heavy atom. The minimum absolute atomic E-state index is 0.0278. The van der Waals surface area contributed by atoms with E-state index in [1.165, 1.54) is 6.92 Å². The first-order valence-corrected chi connectivity index (χ1v) is 25.1. The van der Waals surface area contributed by atoms with Gasteiger partial charge >= 0.3 is 11.9 Å². The predicted octanol–water partition coefficient (Wildman–Crippen LogP) is 6.93. The number of aliphatic hydroxyl groups excluding tert-OH is 2. The fraction of sp³-hybridized carbons (Fsp3) is 0.756. The van der Waals surface area contributed by atoms with Crippen molar-refractivity contribution in [2.75, 3.05) is 6.61 Å². The molecule has 2 unspecified atom stereocenters. The fourth-order valence-corrected chi connectivity index (χ4v) is 16.6. The first-order valence-electron chi connectivity index (χ1n) is 20.1. The van der Waals surface area contributed by atoms with E-state index < -0.39 is 93.1 Å². The van der Waals surface area contributed by atoms with Gasteiger partial charge in [-0.15, -0.1) is 0 Å². The number of benzene rings is 1. The average Bonchev–Trinajstić information content (AvgIpc) is 3.13. The van der Waals surface area contributed by atoms with Gasteiger partial charge in [-0.1, -0.05) is 80.5 Å². The highest BCUT2D eigenvalue weighted by molar-refractivity contribution is 6.74. The standard InChI is InChI=1S/C41H66O10Si2/c1-12-52(13-2,14-3)50-29-24-41(46)36(48-37(45)28-21-19-18-20-22-28)34-39(11,35(44)33(43)32(26(29)7)38(41,9)10)30(51-53(15-4,16-5)17-6)23-31-40(34,25-47-31)49-27(8)42/h18-22,29-31,33-36,43-44,46H,12-17,23-25H2,1-11H3/t29?,30?,31-,33+,34+,35+,36+,39-,40+,41-/m1/s1. The largest absolute Gasteiger partial charge is 0.455 e. The summed E-state index contributed by atoms with van der Waals surface area (Å²) >= 11 is 0. The lowest BCUT2D eigenvalue weighted by Crippen LogP contribution is -2.82. The topological polar surface area (TPSA) is 141 Å². The smallest absolute Gasteiger partial charge is 0.338 e. The molecular formula is C41H66O10Si2. The Morgan fingerprint density at radius 3 is 1.92 bits per heavy atom. The van der Waals surface area contributed by atoms with Crippen LogP contribution in [-0.2, 0) is 27.9 Å². The van der Waals surface area contributed by atoms with Gasteiger partial charge in [-0.05, 0) is 66.5 Å². The maximum atomic E-state index is 14.4. The summed E-state index contributed by atoms with van der Waals surface area (Å²) in [6, 6.07) is 13.7. The summed E-state index contributed by atoms with van der Waals surface area (Å²) in [5, 5.41) is 39.5. The van der Waals surface area contributed by atoms with Crippen molar-refractivity contribution in [2.45, 2.75) is 173 Å². The highest BCUT2D eigenvalue weighted by Gasteiger charge is 2.78. The van der Waals surface area contributed by atoms with Crippen LogP contribution in [0.3, 0.4) is 0 Å². The molecule has 10 nitrogen and oxygen atoms in total. The second kappa shape index (κ2) is 15.2. The molecule has 1 aliphatic heterocycles. The molecule has 12 heteroatoms. The van der Waals surface area contributed by atoms with Crippen molar-refractivity contribution in [3.63, 3.8) is 0 Å². The SMILES string of the molecule is CC[Si](CC)(CC)OC1C[C@@]2(O)[C@@H](OC(=O)c3ccccc3)[C@@H]3[C@]4(OC(C)=O)CO[C@@H]4CC(O[Si](CC)(CC)CC)[C@@]3(C)[C@@H](O)[C@@H](O)C(=C1C)C2(C)C. The van der Waals surface area contributed by atoms with E-state index in [0.29, 0.717) is 17.6 Å². The average molecular weight is 775 g/mol. The molecule has 0 radical (unpaired) electrons. The zero-order chi connectivity index (χ0) is 39.4. The van der Waals surface area contributed by atoms with Crippen LogP contribution >= 0.6 is 0 Å². The molecule has 0 spiro atoms. The molecule has 3 fully saturated rings. The summed E-state index contributed by atoms with van der Waals surface area (Å²) in [5.74, 6) is -2.26. The molecule has 3 aliphatic carbocycles. The Labute approximate surface area is 319 Å². The highest BCUT2D eigenvalue weighted by atomic mass is 28.4. The first kappa shape index (κ1) is 42.2. The quantitative estimate of drug-likeness (QED) is 0.110. The van der Waals surface area contributed by atoms with Gasteiger partial charge in [-0.2, -0.15) is 0 Å². The number of rotatable bonds is 13. The Balaban J connectivity index is 1.86. The lowest BCUT2D eigenvalue weighted by molar-refractivity contribution is -0.363. The van der Waals surface area contributed by atoms with E-state index in [0.717, 1.165) is 41.8 Å². The third-order valence-electron chi connectivity index (χ3n) is 14.8. The summed E-state index contributed by atoms with van der Waals surface area (Å²) in [6.07, 6.45) is -5.88. The van der Waals surface area contributed by atoms with Gasteiger partial charge in [0, 0.05) is 30.6 Å². The van der Waals surface area contributed by atoms with Gasteiger partial charge in [0.05, 0.1) is 36.4 Å². The van der Waals surface area contributed by atoms with E-state index in [1.54, 1.807) is 24.3 Å². The summed E-state index contributed by atoms with van der Waals surface area (Å²) < 4.78 is 33.8. The van der Waals surface area contributed by atoms with Crippen LogP contribution in [0.4, 0.5) is 0 Å². The van der Waals surface area contributed by atoms with Gasteiger partial charge in [-0.25, -0.2) is 4.79 Å². The van der Waals surface area contributed by atoms with Crippen LogP contribution in [0, 0.1) is 16.7 Å². The Kier molecular flexibility index (Phi) is 12.1. The lowest BCUT2D eigenvalue weighted by atomic mass is 9.44. The van der Waals surface area contributed by atoms with Crippen molar-refractivity contribution in [2.24, 2.45) is 16.7 Å². The molecule has 0 aromatic heterocycles. The summed E-state index contributed by atoms with van der Waals surface area (Å²) in [5.41, 5.74) is -4.36. The van der Waals surface area contributed by atoms with E-state index in [-0.39, 0.29) is 13.0 Å². The molecular weight excluding hydrogens is 709 g/mol. The number of fused-ring (bicyclic) bond motifs is 5. The van der Waals surface area contributed by atoms with Crippen molar-refractivity contribution in [3.8, 4) is 0 Å². The van der Waals surface area contributed by atoms with Crippen LogP contribution in [0.15, 0.2) is 41.5 Å². The van der Waals surface area contributed by atoms with Crippen LogP contribution in [0.5, 0.6) is 0 Å². The van der Waals surface area contributed by atoms with E-state index >= 15 is 0 Å². The van der Waals surface area contributed by atoms with Crippen LogP contribution in [-0.4, -0.2) is 98.3 Å². The predicted molar refractivity (Wildman–Crippen MR) is 208 cm³/mol. The molecule has 1 saturated heterocycles. The zero-order valence-electron chi connectivity index (χ0n) is 34.0. The van der Waals surface area contributed by atoms with Crippen molar-refractivity contribution in [1.82, 2.24) is 0 Å². The molecule has 1 heterocycles. The van der Waals surface area contributed by atoms with Crippen molar-refractivity contribution < 1.29 is 48.0 Å². The van der Waals surface area contributed by atoms with Crippen LogP contribution in [0.2, 0.25) is 36.3 Å². The number of hydrogen-bond donors (Lipinski definition) is 3. The third kappa shape index (κ3) is 6.54. The Morgan fingerprint density at radius 2 is 1.43 bits per heavy atom. The molecule has 298 valence electrons. The molecule has 1 aromatic rings. The molecule has 3 N–H and O–H groups in total. The fourth-order valence-electron chi connectivity index (χ4n) is 10.8. The molecule has 0 amide bonds.